The molecular weight excluding hydrogens is 801 g/mol. The SMILES string of the molecule is c1ccc2c(c1)ccc1c2nc2c3sc4ccc5ccccc5c4c3cc(-c3ccc(-c4ccc(-c5ccc(-c6ccc7sc8ccccc8c7c6)cc5)c5ccccc45)cc3)n12. The van der Waals surface area contributed by atoms with Crippen LogP contribution in [0.25, 0.3) is 134 Å². The summed E-state index contributed by atoms with van der Waals surface area (Å²) in [5, 5.41) is 12.6. The van der Waals surface area contributed by atoms with Gasteiger partial charge in [0.15, 0.2) is 5.65 Å². The zero-order valence-electron chi connectivity index (χ0n) is 33.8. The average molecular weight is 835 g/mol. The van der Waals surface area contributed by atoms with Crippen molar-refractivity contribution in [2.24, 2.45) is 0 Å². The normalized spacial score (nSPS) is 12.1. The number of imidazole rings is 1. The first-order chi connectivity index (χ1) is 31.2. The van der Waals surface area contributed by atoms with Gasteiger partial charge < -0.3 is 0 Å². The molecule has 0 fully saturated rings. The zero-order valence-corrected chi connectivity index (χ0v) is 35.5. The van der Waals surface area contributed by atoms with Crippen LogP contribution >= 0.6 is 22.7 Å². The molecule has 0 aliphatic carbocycles. The van der Waals surface area contributed by atoms with Crippen molar-refractivity contribution < 1.29 is 0 Å². The molecule has 0 saturated carbocycles. The Labute approximate surface area is 370 Å². The van der Waals surface area contributed by atoms with Gasteiger partial charge in [0.05, 0.1) is 21.4 Å². The molecule has 14 rings (SSSR count). The Bertz CT molecular complexity index is 4190. The van der Waals surface area contributed by atoms with Crippen LogP contribution in [0.3, 0.4) is 0 Å². The van der Waals surface area contributed by atoms with E-state index < -0.39 is 0 Å². The van der Waals surface area contributed by atoms with E-state index >= 15 is 0 Å². The van der Waals surface area contributed by atoms with Crippen LogP contribution in [0.5, 0.6) is 0 Å². The highest BCUT2D eigenvalue weighted by Gasteiger charge is 2.20. The van der Waals surface area contributed by atoms with Crippen molar-refractivity contribution in [3.05, 3.63) is 206 Å². The van der Waals surface area contributed by atoms with Crippen LogP contribution in [0, 0.1) is 0 Å². The molecule has 63 heavy (non-hydrogen) atoms. The Balaban J connectivity index is 0.884. The van der Waals surface area contributed by atoms with E-state index in [-0.39, 0.29) is 0 Å². The molecule has 4 heterocycles. The van der Waals surface area contributed by atoms with Crippen LogP contribution < -0.4 is 0 Å². The monoisotopic (exact) mass is 834 g/mol. The van der Waals surface area contributed by atoms with E-state index in [1.54, 1.807) is 0 Å². The van der Waals surface area contributed by atoms with Gasteiger partial charge in [0.1, 0.15) is 0 Å². The van der Waals surface area contributed by atoms with Crippen molar-refractivity contribution in [3.63, 3.8) is 0 Å². The number of thiophene rings is 2. The number of aromatic nitrogens is 2. The summed E-state index contributed by atoms with van der Waals surface area (Å²) in [5.74, 6) is 0. The van der Waals surface area contributed by atoms with Gasteiger partial charge in [0.2, 0.25) is 0 Å². The summed E-state index contributed by atoms with van der Waals surface area (Å²) < 4.78 is 7.57. The number of hydrogen-bond donors (Lipinski definition) is 0. The van der Waals surface area contributed by atoms with Gasteiger partial charge in [-0.05, 0) is 102 Å². The molecule has 0 unspecified atom stereocenters. The Morgan fingerprint density at radius 2 is 0.905 bits per heavy atom. The highest BCUT2D eigenvalue weighted by molar-refractivity contribution is 7.26. The molecule has 4 heteroatoms. The molecule has 10 aromatic carbocycles. The van der Waals surface area contributed by atoms with Gasteiger partial charge in [-0.1, -0.05) is 170 Å². The van der Waals surface area contributed by atoms with Crippen LogP contribution in [0.4, 0.5) is 0 Å². The molecule has 0 spiro atoms. The molecule has 0 amide bonds. The van der Waals surface area contributed by atoms with Gasteiger partial charge in [0, 0.05) is 41.0 Å². The third-order valence-electron chi connectivity index (χ3n) is 13.2. The fraction of sp³-hybridized carbons (Fsp3) is 0. The fourth-order valence-corrected chi connectivity index (χ4v) is 12.5. The summed E-state index contributed by atoms with van der Waals surface area (Å²) >= 11 is 3.71. The lowest BCUT2D eigenvalue weighted by atomic mass is 9.91. The van der Waals surface area contributed by atoms with Gasteiger partial charge >= 0.3 is 0 Å². The minimum Gasteiger partial charge on any atom is -0.291 e. The second kappa shape index (κ2) is 13.4. The van der Waals surface area contributed by atoms with Gasteiger partial charge in [-0.3, -0.25) is 4.40 Å². The number of hydrogen-bond acceptors (Lipinski definition) is 3. The van der Waals surface area contributed by atoms with Gasteiger partial charge in [-0.2, -0.15) is 0 Å². The van der Waals surface area contributed by atoms with E-state index in [0.717, 1.165) is 27.9 Å². The van der Waals surface area contributed by atoms with E-state index in [1.807, 2.05) is 22.7 Å². The van der Waals surface area contributed by atoms with Gasteiger partial charge in [-0.25, -0.2) is 4.98 Å². The average Bonchev–Trinajstić information content (AvgIpc) is 4.05. The standard InChI is InChI=1S/C59H34N2S2/c1-3-11-44-36(9-1)26-32-55-56(44)50-34-52(61-51-30-25-37-10-2-4-12-45(37)57(51)60-59(61)58(50)63-55)40-23-21-39(22-24-40)43-29-28-42(46-13-5-6-14-47(43)46)38-19-17-35(18-20-38)41-27-31-54-49(33-41)48-15-7-8-16-53(48)62-54/h1-34H. The first-order valence-electron chi connectivity index (χ1n) is 21.4. The Hall–Kier alpha value is -7.63. The maximum atomic E-state index is 5.48. The molecule has 0 bridgehead atoms. The fourth-order valence-electron chi connectivity index (χ4n) is 10.2. The van der Waals surface area contributed by atoms with E-state index in [4.69, 9.17) is 4.98 Å². The van der Waals surface area contributed by atoms with Crippen molar-refractivity contribution in [3.8, 4) is 44.6 Å². The number of pyridine rings is 1. The van der Waals surface area contributed by atoms with Crippen molar-refractivity contribution >= 4 is 112 Å². The predicted octanol–water partition coefficient (Wildman–Crippen LogP) is 17.4. The molecule has 0 aliphatic rings. The summed E-state index contributed by atoms with van der Waals surface area (Å²) in [5.41, 5.74) is 12.8. The third-order valence-corrected chi connectivity index (χ3v) is 15.5. The van der Waals surface area contributed by atoms with Crippen molar-refractivity contribution in [1.29, 1.82) is 0 Å². The van der Waals surface area contributed by atoms with E-state index in [2.05, 4.69) is 211 Å². The molecule has 0 saturated heterocycles. The number of benzene rings is 10. The highest BCUT2D eigenvalue weighted by atomic mass is 32.1. The summed E-state index contributed by atoms with van der Waals surface area (Å²) in [6.45, 7) is 0. The van der Waals surface area contributed by atoms with Crippen LogP contribution in [0.1, 0.15) is 0 Å². The minimum absolute atomic E-state index is 1.01. The summed E-state index contributed by atoms with van der Waals surface area (Å²) in [4.78, 5) is 5.48. The minimum atomic E-state index is 1.01. The summed E-state index contributed by atoms with van der Waals surface area (Å²) in [7, 11) is 0. The highest BCUT2D eigenvalue weighted by Crippen LogP contribution is 2.45. The third kappa shape index (κ3) is 5.26. The topological polar surface area (TPSA) is 17.3 Å². The smallest absolute Gasteiger partial charge is 0.156 e. The van der Waals surface area contributed by atoms with Crippen molar-refractivity contribution in [1.82, 2.24) is 9.38 Å². The first kappa shape index (κ1) is 35.0. The van der Waals surface area contributed by atoms with E-state index in [1.165, 1.54) is 106 Å². The quantitative estimate of drug-likeness (QED) is 0.173. The maximum Gasteiger partial charge on any atom is 0.156 e. The second-order valence-electron chi connectivity index (χ2n) is 16.6. The lowest BCUT2D eigenvalue weighted by molar-refractivity contribution is 1.25. The number of fused-ring (bicyclic) bond motifs is 15. The molecule has 2 nitrogen and oxygen atoms in total. The second-order valence-corrected chi connectivity index (χ2v) is 18.8. The van der Waals surface area contributed by atoms with Crippen LogP contribution in [-0.2, 0) is 0 Å². The zero-order chi connectivity index (χ0) is 41.2. The Kier molecular flexibility index (Phi) is 7.47. The van der Waals surface area contributed by atoms with Crippen molar-refractivity contribution in [2.45, 2.75) is 0 Å². The molecule has 0 aliphatic heterocycles. The molecule has 4 aromatic heterocycles. The maximum absolute atomic E-state index is 5.48. The summed E-state index contributed by atoms with van der Waals surface area (Å²) in [6, 6.07) is 76.1. The van der Waals surface area contributed by atoms with Crippen LogP contribution in [-0.4, -0.2) is 9.38 Å². The van der Waals surface area contributed by atoms with Gasteiger partial charge in [-0.15, -0.1) is 22.7 Å². The first-order valence-corrected chi connectivity index (χ1v) is 23.1. The molecular formula is C59H34N2S2. The number of rotatable bonds is 4. The summed E-state index contributed by atoms with van der Waals surface area (Å²) in [6.07, 6.45) is 0. The molecule has 292 valence electrons. The molecule has 14 aromatic rings. The molecule has 0 N–H and O–H groups in total. The number of nitrogens with zero attached hydrogens (tertiary/aromatic N) is 2. The lowest BCUT2D eigenvalue weighted by Crippen LogP contribution is -1.93. The molecule has 0 atom stereocenters. The Morgan fingerprint density at radius 3 is 1.65 bits per heavy atom. The van der Waals surface area contributed by atoms with Gasteiger partial charge in [0.25, 0.3) is 0 Å². The van der Waals surface area contributed by atoms with E-state index in [0.29, 0.717) is 0 Å². The largest absolute Gasteiger partial charge is 0.291 e. The molecule has 0 radical (unpaired) electrons. The van der Waals surface area contributed by atoms with E-state index in [9.17, 15) is 0 Å². The van der Waals surface area contributed by atoms with Crippen molar-refractivity contribution in [2.75, 3.05) is 0 Å². The lowest BCUT2D eigenvalue weighted by Gasteiger charge is -2.14. The predicted molar refractivity (Wildman–Crippen MR) is 273 cm³/mol. The van der Waals surface area contributed by atoms with Crippen LogP contribution in [0.2, 0.25) is 0 Å². The van der Waals surface area contributed by atoms with Crippen LogP contribution in [0.15, 0.2) is 206 Å². The Morgan fingerprint density at radius 1 is 0.349 bits per heavy atom.